The fraction of sp³-hybridized carbons (Fsp3) is 0.448. The molecule has 0 heterocycles. The lowest BCUT2D eigenvalue weighted by molar-refractivity contribution is -0.155. The molecule has 0 amide bonds. The first-order chi connectivity index (χ1) is 16.0. The van der Waals surface area contributed by atoms with Gasteiger partial charge in [0.1, 0.15) is 6.10 Å². The molecule has 5 heteroatoms. The van der Waals surface area contributed by atoms with Gasteiger partial charge in [-0.25, -0.2) is 0 Å². The second-order valence-corrected chi connectivity index (χ2v) is 14.7. The quantitative estimate of drug-likeness (QED) is 0.224. The number of rotatable bonds is 11. The van der Waals surface area contributed by atoms with Gasteiger partial charge in [-0.3, -0.25) is 9.59 Å². The van der Waals surface area contributed by atoms with Gasteiger partial charge in [-0.2, -0.15) is 0 Å². The molecule has 0 aromatic heterocycles. The molecule has 2 aromatic rings. The Balaban J connectivity index is 2.32. The van der Waals surface area contributed by atoms with Crippen molar-refractivity contribution in [3.63, 3.8) is 0 Å². The van der Waals surface area contributed by atoms with Crippen molar-refractivity contribution in [1.29, 1.82) is 0 Å². The number of allylic oxidation sites excluding steroid dienone is 2. The molecule has 34 heavy (non-hydrogen) atoms. The summed E-state index contributed by atoms with van der Waals surface area (Å²) in [4.78, 5) is 23.1. The van der Waals surface area contributed by atoms with Gasteiger partial charge in [0.15, 0.2) is 0 Å². The van der Waals surface area contributed by atoms with E-state index in [9.17, 15) is 9.59 Å². The molecule has 2 aromatic carbocycles. The summed E-state index contributed by atoms with van der Waals surface area (Å²) in [5, 5.41) is 1.42. The molecule has 0 fully saturated rings. The zero-order valence-corrected chi connectivity index (χ0v) is 22.7. The zero-order valence-electron chi connectivity index (χ0n) is 21.7. The van der Waals surface area contributed by atoms with E-state index in [1.165, 1.54) is 30.2 Å². The smallest absolute Gasteiger partial charge is 0.302 e. The Hall–Kier alpha value is -2.66. The van der Waals surface area contributed by atoms with Crippen molar-refractivity contribution in [1.82, 2.24) is 0 Å². The van der Waals surface area contributed by atoms with Crippen molar-refractivity contribution < 1.29 is 19.1 Å². The predicted molar refractivity (Wildman–Crippen MR) is 142 cm³/mol. The fourth-order valence-electron chi connectivity index (χ4n) is 4.73. The number of hydrogen-bond donors (Lipinski definition) is 0. The lowest BCUT2D eigenvalue weighted by Crippen LogP contribution is -2.47. The van der Waals surface area contributed by atoms with Gasteiger partial charge in [0.25, 0.3) is 0 Å². The van der Waals surface area contributed by atoms with Gasteiger partial charge in [0, 0.05) is 25.3 Å². The minimum atomic E-state index is -1.88. The highest BCUT2D eigenvalue weighted by atomic mass is 28.3. The normalized spacial score (nSPS) is 15.7. The van der Waals surface area contributed by atoms with Gasteiger partial charge >= 0.3 is 11.9 Å². The summed E-state index contributed by atoms with van der Waals surface area (Å²) in [6.45, 7) is 14.2. The molecule has 2 rings (SSSR count). The van der Waals surface area contributed by atoms with E-state index in [4.69, 9.17) is 9.47 Å². The molecule has 0 spiro atoms. The van der Waals surface area contributed by atoms with E-state index >= 15 is 0 Å². The molecule has 0 saturated heterocycles. The summed E-state index contributed by atoms with van der Waals surface area (Å²) in [7, 11) is -1.88. The number of ether oxygens (including phenoxy) is 2. The molecule has 0 bridgehead atoms. The van der Waals surface area contributed by atoms with Gasteiger partial charge in [0.2, 0.25) is 0 Å². The first-order valence-corrected chi connectivity index (χ1v) is 15.2. The van der Waals surface area contributed by atoms with E-state index in [1.54, 1.807) is 0 Å². The van der Waals surface area contributed by atoms with Gasteiger partial charge in [-0.1, -0.05) is 104 Å². The number of carbonyl (C=O) groups is 2. The number of carbonyl (C=O) groups excluding carboxylic acids is 2. The molecule has 0 radical (unpaired) electrons. The lowest BCUT2D eigenvalue weighted by atomic mass is 9.88. The fourth-order valence-corrected chi connectivity index (χ4v) is 7.87. The largest absolute Gasteiger partial charge is 0.465 e. The highest BCUT2D eigenvalue weighted by molar-refractivity contribution is 6.91. The maximum atomic E-state index is 11.8. The molecule has 4 atom stereocenters. The molecule has 0 aliphatic rings. The number of esters is 2. The van der Waals surface area contributed by atoms with E-state index in [-0.39, 0.29) is 36.5 Å². The van der Waals surface area contributed by atoms with Gasteiger partial charge in [0.05, 0.1) is 14.7 Å². The predicted octanol–water partition coefficient (Wildman–Crippen LogP) is 6.03. The zero-order chi connectivity index (χ0) is 25.3. The van der Waals surface area contributed by atoms with Gasteiger partial charge in [-0.15, -0.1) is 0 Å². The molecule has 184 valence electrons. The van der Waals surface area contributed by atoms with Crippen LogP contribution >= 0.6 is 0 Å². The second-order valence-electron chi connectivity index (χ2n) is 10.0. The van der Waals surface area contributed by atoms with Crippen molar-refractivity contribution in [3.05, 3.63) is 77.9 Å². The summed E-state index contributed by atoms with van der Waals surface area (Å²) < 4.78 is 10.9. The van der Waals surface area contributed by atoms with Crippen LogP contribution in [0.1, 0.15) is 52.1 Å². The van der Waals surface area contributed by atoms with E-state index in [0.717, 1.165) is 6.42 Å². The van der Waals surface area contributed by atoms with Crippen molar-refractivity contribution in [3.8, 4) is 0 Å². The average molecular weight is 481 g/mol. The van der Waals surface area contributed by atoms with Gasteiger partial charge in [-0.05, 0) is 24.8 Å². The standard InChI is InChI=1S/C29H40O4Si/c1-21(18-22(2)29(33-25(5)31)23(3)20-32-24(4)30)19-28(26-14-10-8-11-15-26)34(6,7)27-16-12-9-13-17-27/h8-17,19,22-23,28-29H,18,20H2,1-7H3/b21-19+/t22-,23-,28-,29-/m0/s1. The Bertz CT molecular complexity index is 953. The molecule has 0 unspecified atom stereocenters. The molecule has 0 aliphatic carbocycles. The van der Waals surface area contributed by atoms with Crippen LogP contribution in [0.5, 0.6) is 0 Å². The summed E-state index contributed by atoms with van der Waals surface area (Å²) in [6.07, 6.45) is 2.90. The Morgan fingerprint density at radius 3 is 1.94 bits per heavy atom. The monoisotopic (exact) mass is 480 g/mol. The second kappa shape index (κ2) is 12.7. The Morgan fingerprint density at radius 1 is 0.853 bits per heavy atom. The van der Waals surface area contributed by atoms with Crippen molar-refractivity contribution >= 4 is 25.2 Å². The number of hydrogen-bond acceptors (Lipinski definition) is 4. The van der Waals surface area contributed by atoms with Gasteiger partial charge < -0.3 is 9.47 Å². The van der Waals surface area contributed by atoms with E-state index < -0.39 is 8.07 Å². The minimum absolute atomic E-state index is 0.0867. The Morgan fingerprint density at radius 2 is 1.41 bits per heavy atom. The molecule has 0 saturated carbocycles. The van der Waals surface area contributed by atoms with Crippen LogP contribution in [0.4, 0.5) is 0 Å². The number of benzene rings is 2. The van der Waals surface area contributed by atoms with E-state index in [0.29, 0.717) is 5.54 Å². The molecule has 4 nitrogen and oxygen atoms in total. The van der Waals surface area contributed by atoms with E-state index in [1.807, 2.05) is 6.92 Å². The lowest BCUT2D eigenvalue weighted by Gasteiger charge is -2.33. The SMILES string of the molecule is CC(=O)OC[C@H](C)[C@@H](OC(C)=O)[C@@H](C)C/C(C)=C/[C@@H](c1ccccc1)[Si](C)(C)c1ccccc1. The Kier molecular flexibility index (Phi) is 10.3. The minimum Gasteiger partial charge on any atom is -0.465 e. The van der Waals surface area contributed by atoms with Crippen molar-refractivity contribution in [2.75, 3.05) is 6.61 Å². The van der Waals surface area contributed by atoms with Crippen LogP contribution in [0.2, 0.25) is 13.1 Å². The van der Waals surface area contributed by atoms with Crippen LogP contribution in [0.3, 0.4) is 0 Å². The van der Waals surface area contributed by atoms with Crippen LogP contribution in [-0.4, -0.2) is 32.7 Å². The van der Waals surface area contributed by atoms with Crippen LogP contribution < -0.4 is 5.19 Å². The van der Waals surface area contributed by atoms with Crippen molar-refractivity contribution in [2.24, 2.45) is 11.8 Å². The summed E-state index contributed by atoms with van der Waals surface area (Å²) in [6, 6.07) is 21.5. The maximum Gasteiger partial charge on any atom is 0.302 e. The molecule has 0 aliphatic heterocycles. The van der Waals surface area contributed by atoms with Crippen molar-refractivity contribution in [2.45, 2.75) is 65.8 Å². The maximum absolute atomic E-state index is 11.8. The van der Waals surface area contributed by atoms with Crippen LogP contribution in [-0.2, 0) is 19.1 Å². The van der Waals surface area contributed by atoms with E-state index in [2.05, 4.69) is 93.7 Å². The van der Waals surface area contributed by atoms with Crippen LogP contribution in [0.25, 0.3) is 0 Å². The molecule has 0 N–H and O–H groups in total. The van der Waals surface area contributed by atoms with Crippen LogP contribution in [0, 0.1) is 11.8 Å². The first kappa shape index (κ1) is 27.6. The topological polar surface area (TPSA) is 52.6 Å². The molecular formula is C29H40O4Si. The average Bonchev–Trinajstić information content (AvgIpc) is 2.80. The Labute approximate surface area is 206 Å². The third-order valence-electron chi connectivity index (χ3n) is 6.52. The summed E-state index contributed by atoms with van der Waals surface area (Å²) in [5.74, 6) is -0.636. The first-order valence-electron chi connectivity index (χ1n) is 12.1. The third-order valence-corrected chi connectivity index (χ3v) is 10.4. The summed E-state index contributed by atoms with van der Waals surface area (Å²) in [5.41, 5.74) is 2.92. The van der Waals surface area contributed by atoms with Crippen LogP contribution in [0.15, 0.2) is 72.3 Å². The molecular weight excluding hydrogens is 440 g/mol. The highest BCUT2D eigenvalue weighted by Crippen LogP contribution is 2.32. The third kappa shape index (κ3) is 7.98. The summed E-state index contributed by atoms with van der Waals surface area (Å²) >= 11 is 0. The highest BCUT2D eigenvalue weighted by Gasteiger charge is 2.34.